The van der Waals surface area contributed by atoms with Gasteiger partial charge in [0.25, 0.3) is 0 Å². The zero-order valence-corrected chi connectivity index (χ0v) is 13.1. The average molecular weight is 317 g/mol. The minimum Gasteiger partial charge on any atom is -0.508 e. The summed E-state index contributed by atoms with van der Waals surface area (Å²) >= 11 is 5.38. The van der Waals surface area contributed by atoms with Crippen molar-refractivity contribution in [3.8, 4) is 5.75 Å². The largest absolute Gasteiger partial charge is 0.508 e. The van der Waals surface area contributed by atoms with Gasteiger partial charge in [-0.2, -0.15) is 0 Å². The van der Waals surface area contributed by atoms with Crippen molar-refractivity contribution in [3.05, 3.63) is 54.4 Å². The Hall–Kier alpha value is -2.18. The lowest BCUT2D eigenvalue weighted by Crippen LogP contribution is -2.37. The molecule has 0 aliphatic heterocycles. The first kappa shape index (κ1) is 16.2. The molecule has 0 radical (unpaired) electrons. The maximum atomic E-state index is 10.3. The summed E-state index contributed by atoms with van der Waals surface area (Å²) < 4.78 is 0. The van der Waals surface area contributed by atoms with E-state index in [0.29, 0.717) is 23.8 Å². The summed E-state index contributed by atoms with van der Waals surface area (Å²) in [7, 11) is 0. The molecule has 2 rings (SSSR count). The van der Waals surface area contributed by atoms with Crippen LogP contribution in [0.4, 0.5) is 5.69 Å². The van der Waals surface area contributed by atoms with Crippen molar-refractivity contribution in [2.45, 2.75) is 13.0 Å². The van der Waals surface area contributed by atoms with Crippen molar-refractivity contribution >= 4 is 23.0 Å². The Labute approximate surface area is 135 Å². The minimum absolute atomic E-state index is 0.135. The number of aliphatic hydroxyl groups excluding tert-OH is 1. The summed E-state index contributed by atoms with van der Waals surface area (Å²) in [6.07, 6.45) is 2.64. The van der Waals surface area contributed by atoms with E-state index in [1.807, 2.05) is 24.0 Å². The highest BCUT2D eigenvalue weighted by Gasteiger charge is 2.15. The van der Waals surface area contributed by atoms with Crippen LogP contribution in [0.3, 0.4) is 0 Å². The molecule has 0 amide bonds. The molecule has 3 N–H and O–H groups in total. The molecule has 2 aromatic rings. The van der Waals surface area contributed by atoms with Crippen LogP contribution < -0.4 is 5.32 Å². The Morgan fingerprint density at radius 1 is 1.36 bits per heavy atom. The molecule has 116 valence electrons. The number of benzene rings is 1. The monoisotopic (exact) mass is 317 g/mol. The molecule has 0 aliphatic carbocycles. The fourth-order valence-corrected chi connectivity index (χ4v) is 2.36. The topological polar surface area (TPSA) is 68.6 Å². The lowest BCUT2D eigenvalue weighted by atomic mass is 10.1. The number of anilines is 1. The molecule has 0 saturated heterocycles. The minimum atomic E-state index is -0.735. The summed E-state index contributed by atoms with van der Waals surface area (Å²) in [6.45, 7) is 2.96. The summed E-state index contributed by atoms with van der Waals surface area (Å²) in [6, 6.07) is 10.3. The van der Waals surface area contributed by atoms with E-state index in [4.69, 9.17) is 12.2 Å². The number of likely N-dealkylation sites (N-methyl/N-ethyl adjacent to an activating group) is 1. The first-order chi connectivity index (χ1) is 10.6. The van der Waals surface area contributed by atoms with Crippen molar-refractivity contribution in [1.82, 2.24) is 9.88 Å². The second-order valence-electron chi connectivity index (χ2n) is 4.82. The molecular formula is C16H19N3O2S. The van der Waals surface area contributed by atoms with Gasteiger partial charge in [0.1, 0.15) is 5.75 Å². The molecular weight excluding hydrogens is 298 g/mol. The maximum absolute atomic E-state index is 10.3. The fourth-order valence-electron chi connectivity index (χ4n) is 2.04. The molecule has 6 heteroatoms. The number of thiocarbonyl (C=S) groups is 1. The summed E-state index contributed by atoms with van der Waals surface area (Å²) in [5, 5.41) is 23.4. The van der Waals surface area contributed by atoms with Crippen LogP contribution in [0.5, 0.6) is 5.75 Å². The molecule has 0 fully saturated rings. The second-order valence-corrected chi connectivity index (χ2v) is 5.21. The average Bonchev–Trinajstić information content (AvgIpc) is 2.53. The van der Waals surface area contributed by atoms with E-state index in [2.05, 4.69) is 10.3 Å². The van der Waals surface area contributed by atoms with Crippen LogP contribution >= 0.6 is 12.2 Å². The third-order valence-corrected chi connectivity index (χ3v) is 3.59. The molecule has 0 spiro atoms. The Kier molecular flexibility index (Phi) is 5.68. The van der Waals surface area contributed by atoms with Crippen molar-refractivity contribution < 1.29 is 10.2 Å². The van der Waals surface area contributed by atoms with Gasteiger partial charge in [0.15, 0.2) is 5.11 Å². The molecule has 1 unspecified atom stereocenters. The smallest absolute Gasteiger partial charge is 0.173 e. The van der Waals surface area contributed by atoms with Gasteiger partial charge < -0.3 is 20.4 Å². The van der Waals surface area contributed by atoms with E-state index in [0.717, 1.165) is 5.69 Å². The maximum Gasteiger partial charge on any atom is 0.173 e. The highest BCUT2D eigenvalue weighted by molar-refractivity contribution is 7.80. The molecule has 0 saturated carbocycles. The van der Waals surface area contributed by atoms with Gasteiger partial charge in [0.05, 0.1) is 24.5 Å². The SMILES string of the molecule is CCN(CC(O)c1cccc(O)c1)C(=S)Nc1cccnc1. The van der Waals surface area contributed by atoms with Gasteiger partial charge in [-0.1, -0.05) is 12.1 Å². The second kappa shape index (κ2) is 7.72. The van der Waals surface area contributed by atoms with Crippen molar-refractivity contribution in [2.24, 2.45) is 0 Å². The van der Waals surface area contributed by atoms with Crippen LogP contribution in [0.2, 0.25) is 0 Å². The number of hydrogen-bond acceptors (Lipinski definition) is 4. The zero-order valence-electron chi connectivity index (χ0n) is 12.3. The number of phenols is 1. The van der Waals surface area contributed by atoms with Gasteiger partial charge in [-0.25, -0.2) is 0 Å². The van der Waals surface area contributed by atoms with Crippen molar-refractivity contribution in [1.29, 1.82) is 0 Å². The standard InChI is InChI=1S/C16H19N3O2S/c1-2-19(16(22)18-13-6-4-8-17-10-13)11-15(21)12-5-3-7-14(20)9-12/h3-10,15,20-21H,2,11H2,1H3,(H,18,22). The molecule has 22 heavy (non-hydrogen) atoms. The summed E-state index contributed by atoms with van der Waals surface area (Å²) in [4.78, 5) is 5.88. The van der Waals surface area contributed by atoms with E-state index in [-0.39, 0.29) is 5.75 Å². The third kappa shape index (κ3) is 4.41. The van der Waals surface area contributed by atoms with Crippen molar-refractivity contribution in [2.75, 3.05) is 18.4 Å². The third-order valence-electron chi connectivity index (χ3n) is 3.23. The lowest BCUT2D eigenvalue weighted by molar-refractivity contribution is 0.146. The van der Waals surface area contributed by atoms with Crippen molar-refractivity contribution in [3.63, 3.8) is 0 Å². The van der Waals surface area contributed by atoms with E-state index < -0.39 is 6.10 Å². The summed E-state index contributed by atoms with van der Waals surface area (Å²) in [5.74, 6) is 0.135. The number of hydrogen-bond donors (Lipinski definition) is 3. The first-order valence-electron chi connectivity index (χ1n) is 7.03. The number of aromatic nitrogens is 1. The zero-order chi connectivity index (χ0) is 15.9. The summed E-state index contributed by atoms with van der Waals surface area (Å²) in [5.41, 5.74) is 1.46. The van der Waals surface area contributed by atoms with E-state index in [1.165, 1.54) is 0 Å². The first-order valence-corrected chi connectivity index (χ1v) is 7.44. The van der Waals surface area contributed by atoms with Gasteiger partial charge in [0, 0.05) is 12.7 Å². The Morgan fingerprint density at radius 3 is 2.82 bits per heavy atom. The van der Waals surface area contributed by atoms with Crippen LogP contribution in [0.25, 0.3) is 0 Å². The normalized spacial score (nSPS) is 11.7. The predicted molar refractivity (Wildman–Crippen MR) is 90.8 cm³/mol. The number of rotatable bonds is 5. The van der Waals surface area contributed by atoms with Crippen LogP contribution in [0.1, 0.15) is 18.6 Å². The van der Waals surface area contributed by atoms with Gasteiger partial charge in [-0.05, 0) is 49.0 Å². The number of aliphatic hydroxyl groups is 1. The highest BCUT2D eigenvalue weighted by Crippen LogP contribution is 2.19. The van der Waals surface area contributed by atoms with Gasteiger partial charge in [-0.3, -0.25) is 4.98 Å². The van der Waals surface area contributed by atoms with E-state index >= 15 is 0 Å². The van der Waals surface area contributed by atoms with E-state index in [9.17, 15) is 10.2 Å². The van der Waals surface area contributed by atoms with Gasteiger partial charge in [-0.15, -0.1) is 0 Å². The lowest BCUT2D eigenvalue weighted by Gasteiger charge is -2.27. The number of pyridine rings is 1. The van der Waals surface area contributed by atoms with E-state index in [1.54, 1.807) is 36.7 Å². The highest BCUT2D eigenvalue weighted by atomic mass is 32.1. The number of phenolic OH excluding ortho intramolecular Hbond substituents is 1. The van der Waals surface area contributed by atoms with Crippen LogP contribution in [0.15, 0.2) is 48.8 Å². The number of nitrogens with one attached hydrogen (secondary N) is 1. The van der Waals surface area contributed by atoms with Crippen LogP contribution in [-0.2, 0) is 0 Å². The molecule has 0 aliphatic rings. The quantitative estimate of drug-likeness (QED) is 0.736. The van der Waals surface area contributed by atoms with Gasteiger partial charge >= 0.3 is 0 Å². The van der Waals surface area contributed by atoms with Crippen LogP contribution in [-0.4, -0.2) is 38.3 Å². The Bertz CT molecular complexity index is 622. The molecule has 5 nitrogen and oxygen atoms in total. The Balaban J connectivity index is 2.00. The fraction of sp³-hybridized carbons (Fsp3) is 0.250. The molecule has 1 aromatic heterocycles. The molecule has 1 atom stereocenters. The Morgan fingerprint density at radius 2 is 2.18 bits per heavy atom. The predicted octanol–water partition coefficient (Wildman–Crippen LogP) is 2.54. The number of aromatic hydroxyl groups is 1. The van der Waals surface area contributed by atoms with Crippen LogP contribution in [0, 0.1) is 0 Å². The molecule has 1 aromatic carbocycles. The molecule has 1 heterocycles. The number of nitrogens with zero attached hydrogens (tertiary/aromatic N) is 2. The molecule has 0 bridgehead atoms. The van der Waals surface area contributed by atoms with Gasteiger partial charge in [0.2, 0.25) is 0 Å².